The Morgan fingerprint density at radius 3 is 2.62 bits per heavy atom. The second kappa shape index (κ2) is 5.63. The van der Waals surface area contributed by atoms with Gasteiger partial charge in [-0.05, 0) is 31.6 Å². The van der Waals surface area contributed by atoms with Crippen LogP contribution in [0.1, 0.15) is 32.6 Å². The van der Waals surface area contributed by atoms with Crippen LogP contribution in [-0.4, -0.2) is 31.8 Å². The molecule has 1 atom stereocenters. The van der Waals surface area contributed by atoms with E-state index < -0.39 is 21.9 Å². The van der Waals surface area contributed by atoms with Crippen LogP contribution < -0.4 is 4.72 Å². The van der Waals surface area contributed by atoms with E-state index in [4.69, 9.17) is 5.11 Å². The molecule has 0 spiro atoms. The van der Waals surface area contributed by atoms with Crippen LogP contribution in [0.15, 0.2) is 0 Å². The predicted molar refractivity (Wildman–Crippen MR) is 60.5 cm³/mol. The fraction of sp³-hybridized carbons (Fsp3) is 0.900. The molecule has 1 aliphatic carbocycles. The first-order valence-electron chi connectivity index (χ1n) is 5.61. The zero-order chi connectivity index (χ0) is 12.2. The molecule has 2 N–H and O–H groups in total. The second-order valence-electron chi connectivity index (χ2n) is 4.50. The summed E-state index contributed by atoms with van der Waals surface area (Å²) >= 11 is 0. The van der Waals surface area contributed by atoms with Crippen LogP contribution in [0.25, 0.3) is 0 Å². The third-order valence-electron chi connectivity index (χ3n) is 2.71. The number of hydrogen-bond acceptors (Lipinski definition) is 3. The quantitative estimate of drug-likeness (QED) is 0.624. The van der Waals surface area contributed by atoms with Gasteiger partial charge in [-0.25, -0.2) is 13.1 Å². The highest BCUT2D eigenvalue weighted by atomic mass is 32.2. The van der Waals surface area contributed by atoms with E-state index in [1.807, 2.05) is 0 Å². The Hall–Kier alpha value is -0.620. The van der Waals surface area contributed by atoms with Crippen molar-refractivity contribution < 1.29 is 18.3 Å². The molecule has 5 nitrogen and oxygen atoms in total. The van der Waals surface area contributed by atoms with Gasteiger partial charge in [-0.15, -0.1) is 0 Å². The molecule has 0 amide bonds. The summed E-state index contributed by atoms with van der Waals surface area (Å²) in [5.74, 6) is -0.675. The summed E-state index contributed by atoms with van der Waals surface area (Å²) in [4.78, 5) is 10.5. The molecule has 0 bridgehead atoms. The maximum Gasteiger partial charge on any atom is 0.306 e. The molecule has 0 aromatic rings. The maximum absolute atomic E-state index is 11.4. The normalized spacial score (nSPS) is 18.3. The summed E-state index contributed by atoms with van der Waals surface area (Å²) in [7, 11) is -3.13. The monoisotopic (exact) mass is 249 g/mol. The largest absolute Gasteiger partial charge is 0.481 e. The smallest absolute Gasteiger partial charge is 0.306 e. The molecule has 1 fully saturated rings. The third kappa shape index (κ3) is 5.46. The van der Waals surface area contributed by atoms with Crippen LogP contribution in [0.4, 0.5) is 0 Å². The van der Waals surface area contributed by atoms with Crippen molar-refractivity contribution in [2.75, 3.05) is 12.3 Å². The molecule has 6 heteroatoms. The molecule has 1 rings (SSSR count). The van der Waals surface area contributed by atoms with Crippen LogP contribution in [0, 0.1) is 11.8 Å². The van der Waals surface area contributed by atoms with Gasteiger partial charge < -0.3 is 5.11 Å². The van der Waals surface area contributed by atoms with E-state index in [0.717, 1.165) is 12.8 Å². The highest BCUT2D eigenvalue weighted by molar-refractivity contribution is 7.89. The van der Waals surface area contributed by atoms with Crippen molar-refractivity contribution in [2.45, 2.75) is 32.6 Å². The van der Waals surface area contributed by atoms with Crippen molar-refractivity contribution in [1.82, 2.24) is 4.72 Å². The van der Waals surface area contributed by atoms with E-state index in [9.17, 15) is 13.2 Å². The van der Waals surface area contributed by atoms with Gasteiger partial charge in [0.2, 0.25) is 10.0 Å². The number of carbonyl (C=O) groups is 1. The molecule has 1 aliphatic rings. The van der Waals surface area contributed by atoms with Gasteiger partial charge in [-0.3, -0.25) is 4.79 Å². The fourth-order valence-electron chi connectivity index (χ4n) is 1.41. The lowest BCUT2D eigenvalue weighted by molar-refractivity contribution is -0.141. The average Bonchev–Trinajstić information content (AvgIpc) is 2.94. The first-order valence-corrected chi connectivity index (χ1v) is 7.26. The molecule has 94 valence electrons. The summed E-state index contributed by atoms with van der Waals surface area (Å²) < 4.78 is 25.4. The topological polar surface area (TPSA) is 83.5 Å². The molecule has 0 saturated heterocycles. The van der Waals surface area contributed by atoms with Crippen LogP contribution in [0.3, 0.4) is 0 Å². The lowest BCUT2D eigenvalue weighted by atomic mass is 10.1. The molecule has 0 heterocycles. The minimum atomic E-state index is -3.13. The van der Waals surface area contributed by atoms with E-state index in [1.165, 1.54) is 0 Å². The highest BCUT2D eigenvalue weighted by Crippen LogP contribution is 2.29. The van der Waals surface area contributed by atoms with Gasteiger partial charge >= 0.3 is 5.97 Å². The van der Waals surface area contributed by atoms with Gasteiger partial charge in [0.1, 0.15) is 0 Å². The molecule has 0 aliphatic heterocycles. The average molecular weight is 249 g/mol. The van der Waals surface area contributed by atoms with Crippen molar-refractivity contribution in [3.8, 4) is 0 Å². The van der Waals surface area contributed by atoms with Crippen LogP contribution in [-0.2, 0) is 14.8 Å². The number of aliphatic carboxylic acids is 1. The Balaban J connectivity index is 2.12. The first-order chi connectivity index (χ1) is 7.41. The molecule has 0 radical (unpaired) electrons. The summed E-state index contributed by atoms with van der Waals surface area (Å²) in [6, 6.07) is 0. The highest BCUT2D eigenvalue weighted by Gasteiger charge is 2.27. The number of nitrogens with one attached hydrogen (secondary N) is 1. The standard InChI is InChI=1S/C10H19NO4S/c1-8(10(12)13)3-2-6-11-16(14,15)7-9-4-5-9/h8-9,11H,2-7H2,1H3,(H,12,13). The molecule has 1 saturated carbocycles. The van der Waals surface area contributed by atoms with Gasteiger partial charge in [0.15, 0.2) is 0 Å². The second-order valence-corrected chi connectivity index (χ2v) is 6.35. The molecule has 0 aromatic heterocycles. The third-order valence-corrected chi connectivity index (χ3v) is 4.26. The SMILES string of the molecule is CC(CCCNS(=O)(=O)CC1CC1)C(=O)O. The Kier molecular flexibility index (Phi) is 4.73. The van der Waals surface area contributed by atoms with Crippen LogP contribution in [0.5, 0.6) is 0 Å². The summed E-state index contributed by atoms with van der Waals surface area (Å²) in [6.45, 7) is 1.97. The number of carboxylic acid groups (broad SMARTS) is 1. The fourth-order valence-corrected chi connectivity index (χ4v) is 2.94. The Morgan fingerprint density at radius 2 is 2.12 bits per heavy atom. The zero-order valence-corrected chi connectivity index (χ0v) is 10.3. The lowest BCUT2D eigenvalue weighted by Gasteiger charge is -2.07. The summed E-state index contributed by atoms with van der Waals surface area (Å²) in [6.07, 6.45) is 3.09. The summed E-state index contributed by atoms with van der Waals surface area (Å²) in [5.41, 5.74) is 0. The Labute approximate surface area is 96.3 Å². The first kappa shape index (κ1) is 13.4. The van der Waals surface area contributed by atoms with Gasteiger partial charge in [-0.2, -0.15) is 0 Å². The van der Waals surface area contributed by atoms with Crippen LogP contribution in [0.2, 0.25) is 0 Å². The molecular weight excluding hydrogens is 230 g/mol. The Bertz CT molecular complexity index is 335. The van der Waals surface area contributed by atoms with Crippen molar-refractivity contribution in [3.05, 3.63) is 0 Å². The van der Waals surface area contributed by atoms with E-state index >= 15 is 0 Å². The minimum Gasteiger partial charge on any atom is -0.481 e. The number of sulfonamides is 1. The molecular formula is C10H19NO4S. The van der Waals surface area contributed by atoms with Crippen LogP contribution >= 0.6 is 0 Å². The number of carboxylic acids is 1. The van der Waals surface area contributed by atoms with E-state index in [2.05, 4.69) is 4.72 Å². The van der Waals surface area contributed by atoms with Crippen molar-refractivity contribution in [2.24, 2.45) is 11.8 Å². The molecule has 0 aromatic carbocycles. The maximum atomic E-state index is 11.4. The number of hydrogen-bond donors (Lipinski definition) is 2. The van der Waals surface area contributed by atoms with Crippen molar-refractivity contribution >= 4 is 16.0 Å². The Morgan fingerprint density at radius 1 is 1.50 bits per heavy atom. The van der Waals surface area contributed by atoms with Crippen molar-refractivity contribution in [3.63, 3.8) is 0 Å². The predicted octanol–water partition coefficient (Wildman–Crippen LogP) is 0.817. The van der Waals surface area contributed by atoms with Gasteiger partial charge in [0, 0.05) is 6.54 Å². The molecule has 1 unspecified atom stereocenters. The van der Waals surface area contributed by atoms with E-state index in [0.29, 0.717) is 25.3 Å². The summed E-state index contributed by atoms with van der Waals surface area (Å²) in [5, 5.41) is 8.63. The number of rotatable bonds is 8. The van der Waals surface area contributed by atoms with Crippen molar-refractivity contribution in [1.29, 1.82) is 0 Å². The minimum absolute atomic E-state index is 0.224. The van der Waals surface area contributed by atoms with Gasteiger partial charge in [0.05, 0.1) is 11.7 Å². The van der Waals surface area contributed by atoms with Gasteiger partial charge in [-0.1, -0.05) is 6.92 Å². The molecule has 16 heavy (non-hydrogen) atoms. The van der Waals surface area contributed by atoms with Gasteiger partial charge in [0.25, 0.3) is 0 Å². The van der Waals surface area contributed by atoms with E-state index in [-0.39, 0.29) is 5.75 Å². The van der Waals surface area contributed by atoms with E-state index in [1.54, 1.807) is 6.92 Å². The zero-order valence-electron chi connectivity index (χ0n) is 9.48. The lowest BCUT2D eigenvalue weighted by Crippen LogP contribution is -2.28.